The molecule has 23 heavy (non-hydrogen) atoms. The summed E-state index contributed by atoms with van der Waals surface area (Å²) in [7, 11) is 1.31. The van der Waals surface area contributed by atoms with Crippen LogP contribution in [0.25, 0.3) is 0 Å². The first-order valence-corrected chi connectivity index (χ1v) is 7.53. The second-order valence-electron chi connectivity index (χ2n) is 5.35. The van der Waals surface area contributed by atoms with E-state index in [0.29, 0.717) is 32.1 Å². The molecule has 1 aliphatic rings. The molecule has 0 radical (unpaired) electrons. The third-order valence-electron chi connectivity index (χ3n) is 3.62. The molecule has 1 atom stereocenters. The smallest absolute Gasteiger partial charge is 0.313 e. The Morgan fingerprint density at radius 1 is 1.52 bits per heavy atom. The number of methoxy groups -OCH3 is 1. The average molecular weight is 328 g/mol. The summed E-state index contributed by atoms with van der Waals surface area (Å²) < 4.78 is 29.6. The molecule has 0 aromatic heterocycles. The van der Waals surface area contributed by atoms with Crippen molar-refractivity contribution in [2.24, 2.45) is 5.92 Å². The third kappa shape index (κ3) is 5.04. The van der Waals surface area contributed by atoms with Gasteiger partial charge in [-0.05, 0) is 12.8 Å². The first-order chi connectivity index (χ1) is 11.1. The zero-order valence-electron chi connectivity index (χ0n) is 13.0. The zero-order chi connectivity index (χ0) is 16.7. The standard InChI is InChI=1S/C15H21FN2O5/c1-21-15-8-13(12(16)7-14(15)18(19)20)17-4-2-5-22-9-11-3-6-23-10-11/h7-8,11,17H,2-6,9-10H2,1H3/t11-/m1/s1. The molecular weight excluding hydrogens is 307 g/mol. The average Bonchev–Trinajstić information content (AvgIpc) is 3.04. The molecule has 0 unspecified atom stereocenters. The van der Waals surface area contributed by atoms with Gasteiger partial charge in [-0.3, -0.25) is 10.1 Å². The van der Waals surface area contributed by atoms with Crippen LogP contribution < -0.4 is 10.1 Å². The molecule has 1 aromatic rings. The van der Waals surface area contributed by atoms with Gasteiger partial charge >= 0.3 is 5.69 Å². The summed E-state index contributed by atoms with van der Waals surface area (Å²) in [5, 5.41) is 13.7. The second-order valence-corrected chi connectivity index (χ2v) is 5.35. The van der Waals surface area contributed by atoms with E-state index in [0.717, 1.165) is 25.7 Å². The highest BCUT2D eigenvalue weighted by molar-refractivity contribution is 5.59. The second kappa shape index (κ2) is 8.64. The molecule has 1 aromatic carbocycles. The van der Waals surface area contributed by atoms with Crippen LogP contribution in [-0.4, -0.2) is 45.0 Å². The van der Waals surface area contributed by atoms with Gasteiger partial charge in [0.25, 0.3) is 0 Å². The van der Waals surface area contributed by atoms with E-state index in [2.05, 4.69) is 5.32 Å². The monoisotopic (exact) mass is 328 g/mol. The Balaban J connectivity index is 1.75. The van der Waals surface area contributed by atoms with Gasteiger partial charge in [0.2, 0.25) is 0 Å². The summed E-state index contributed by atoms with van der Waals surface area (Å²) >= 11 is 0. The van der Waals surface area contributed by atoms with E-state index in [9.17, 15) is 14.5 Å². The van der Waals surface area contributed by atoms with Crippen molar-refractivity contribution in [3.63, 3.8) is 0 Å². The van der Waals surface area contributed by atoms with Crippen LogP contribution in [0.1, 0.15) is 12.8 Å². The number of nitrogens with zero attached hydrogens (tertiary/aromatic N) is 1. The van der Waals surface area contributed by atoms with Gasteiger partial charge in [0, 0.05) is 31.7 Å². The van der Waals surface area contributed by atoms with Crippen LogP contribution in [-0.2, 0) is 9.47 Å². The summed E-state index contributed by atoms with van der Waals surface area (Å²) in [5.74, 6) is -0.183. The first-order valence-electron chi connectivity index (χ1n) is 7.53. The molecule has 0 bridgehead atoms. The molecule has 0 saturated carbocycles. The van der Waals surface area contributed by atoms with Crippen LogP contribution in [0.3, 0.4) is 0 Å². The lowest BCUT2D eigenvalue weighted by Gasteiger charge is -2.11. The van der Waals surface area contributed by atoms with E-state index in [4.69, 9.17) is 14.2 Å². The summed E-state index contributed by atoms with van der Waals surface area (Å²) in [5.41, 5.74) is -0.214. The molecule has 0 aliphatic carbocycles. The molecule has 1 aliphatic heterocycles. The van der Waals surface area contributed by atoms with E-state index < -0.39 is 16.4 Å². The fourth-order valence-corrected chi connectivity index (χ4v) is 2.35. The van der Waals surface area contributed by atoms with E-state index in [1.54, 1.807) is 0 Å². The van der Waals surface area contributed by atoms with Gasteiger partial charge in [-0.2, -0.15) is 0 Å². The number of nitro benzene ring substituents is 1. The molecule has 128 valence electrons. The number of ether oxygens (including phenoxy) is 3. The number of benzene rings is 1. The SMILES string of the molecule is COc1cc(NCCCOC[C@H]2CCOC2)c(F)cc1[N+](=O)[O-]. The number of anilines is 1. The minimum Gasteiger partial charge on any atom is -0.490 e. The van der Waals surface area contributed by atoms with Crippen LogP contribution in [0, 0.1) is 21.8 Å². The predicted octanol–water partition coefficient (Wildman–Crippen LogP) is 2.60. The van der Waals surface area contributed by atoms with Crippen molar-refractivity contribution in [1.82, 2.24) is 0 Å². The van der Waals surface area contributed by atoms with E-state index >= 15 is 0 Å². The quantitative estimate of drug-likeness (QED) is 0.426. The first kappa shape index (κ1) is 17.4. The highest BCUT2D eigenvalue weighted by atomic mass is 19.1. The summed E-state index contributed by atoms with van der Waals surface area (Å²) in [6, 6.07) is 2.15. The molecule has 8 heteroatoms. The van der Waals surface area contributed by atoms with Crippen LogP contribution in [0.5, 0.6) is 5.75 Å². The summed E-state index contributed by atoms with van der Waals surface area (Å²) in [4.78, 5) is 10.1. The molecule has 1 saturated heterocycles. The predicted molar refractivity (Wildman–Crippen MR) is 82.5 cm³/mol. The Hall–Kier alpha value is -1.93. The Kier molecular flexibility index (Phi) is 6.54. The zero-order valence-corrected chi connectivity index (χ0v) is 13.0. The number of hydrogen-bond acceptors (Lipinski definition) is 6. The van der Waals surface area contributed by atoms with Crippen molar-refractivity contribution in [3.8, 4) is 5.75 Å². The lowest BCUT2D eigenvalue weighted by atomic mass is 10.1. The maximum atomic E-state index is 13.8. The number of rotatable bonds is 9. The highest BCUT2D eigenvalue weighted by Crippen LogP contribution is 2.32. The van der Waals surface area contributed by atoms with Gasteiger partial charge in [-0.1, -0.05) is 0 Å². The molecular formula is C15H21FN2O5. The van der Waals surface area contributed by atoms with Crippen LogP contribution in [0.15, 0.2) is 12.1 Å². The summed E-state index contributed by atoms with van der Waals surface area (Å²) in [6.07, 6.45) is 1.73. The maximum Gasteiger partial charge on any atom is 0.313 e. The fourth-order valence-electron chi connectivity index (χ4n) is 2.35. The Bertz CT molecular complexity index is 535. The number of nitrogens with one attached hydrogen (secondary N) is 1. The Morgan fingerprint density at radius 2 is 2.35 bits per heavy atom. The molecule has 0 amide bonds. The molecule has 1 N–H and O–H groups in total. The van der Waals surface area contributed by atoms with E-state index in [-0.39, 0.29) is 11.4 Å². The van der Waals surface area contributed by atoms with Gasteiger partial charge in [-0.15, -0.1) is 0 Å². The largest absolute Gasteiger partial charge is 0.490 e. The minimum absolute atomic E-state index is 0.0244. The van der Waals surface area contributed by atoms with Crippen molar-refractivity contribution < 1.29 is 23.5 Å². The maximum absolute atomic E-state index is 13.8. The third-order valence-corrected chi connectivity index (χ3v) is 3.62. The van der Waals surface area contributed by atoms with Crippen molar-refractivity contribution in [3.05, 3.63) is 28.1 Å². The van der Waals surface area contributed by atoms with Crippen LogP contribution >= 0.6 is 0 Å². The molecule has 1 fully saturated rings. The number of nitro groups is 1. The van der Waals surface area contributed by atoms with Crippen LogP contribution in [0.2, 0.25) is 0 Å². The lowest BCUT2D eigenvalue weighted by molar-refractivity contribution is -0.385. The number of halogens is 1. The van der Waals surface area contributed by atoms with Gasteiger partial charge in [-0.25, -0.2) is 4.39 Å². The summed E-state index contributed by atoms with van der Waals surface area (Å²) in [6.45, 7) is 3.30. The topological polar surface area (TPSA) is 82.9 Å². The van der Waals surface area contributed by atoms with E-state index in [1.165, 1.54) is 13.2 Å². The van der Waals surface area contributed by atoms with Crippen molar-refractivity contribution >= 4 is 11.4 Å². The fraction of sp³-hybridized carbons (Fsp3) is 0.600. The molecule has 1 heterocycles. The lowest BCUT2D eigenvalue weighted by Crippen LogP contribution is -2.12. The van der Waals surface area contributed by atoms with Gasteiger partial charge in [0.1, 0.15) is 0 Å². The van der Waals surface area contributed by atoms with Crippen molar-refractivity contribution in [1.29, 1.82) is 0 Å². The molecule has 7 nitrogen and oxygen atoms in total. The van der Waals surface area contributed by atoms with Crippen molar-refractivity contribution in [2.45, 2.75) is 12.8 Å². The minimum atomic E-state index is -0.679. The van der Waals surface area contributed by atoms with Crippen LogP contribution in [0.4, 0.5) is 15.8 Å². The highest BCUT2D eigenvalue weighted by Gasteiger charge is 2.19. The van der Waals surface area contributed by atoms with Gasteiger partial charge in [0.15, 0.2) is 11.6 Å². The van der Waals surface area contributed by atoms with Gasteiger partial charge < -0.3 is 19.5 Å². The Morgan fingerprint density at radius 3 is 3.00 bits per heavy atom. The van der Waals surface area contributed by atoms with E-state index in [1.807, 2.05) is 0 Å². The Labute approximate surface area is 133 Å². The number of hydrogen-bond donors (Lipinski definition) is 1. The van der Waals surface area contributed by atoms with Gasteiger partial charge in [0.05, 0.1) is 37.0 Å². The molecule has 2 rings (SSSR count). The molecule has 0 spiro atoms. The van der Waals surface area contributed by atoms with Crippen molar-refractivity contribution in [2.75, 3.05) is 45.4 Å². The normalized spacial score (nSPS) is 17.2.